The minimum absolute atomic E-state index is 0.0216. The number of hydrogen-bond donors (Lipinski definition) is 1. The maximum absolute atomic E-state index is 13.5. The third-order valence-corrected chi connectivity index (χ3v) is 3.85. The van der Waals surface area contributed by atoms with Crippen LogP contribution in [0.5, 0.6) is 0 Å². The first-order valence-corrected chi connectivity index (χ1v) is 8.14. The van der Waals surface area contributed by atoms with Crippen molar-refractivity contribution < 1.29 is 23.5 Å². The van der Waals surface area contributed by atoms with E-state index >= 15 is 0 Å². The predicted molar refractivity (Wildman–Crippen MR) is 94.2 cm³/mol. The first-order chi connectivity index (χ1) is 12.4. The van der Waals surface area contributed by atoms with E-state index in [1.807, 2.05) is 30.3 Å². The Morgan fingerprint density at radius 3 is 2.42 bits per heavy atom. The Morgan fingerprint density at radius 1 is 1.12 bits per heavy atom. The second-order valence-corrected chi connectivity index (χ2v) is 5.96. The molecule has 0 saturated carbocycles. The van der Waals surface area contributed by atoms with Gasteiger partial charge in [0.25, 0.3) is 5.91 Å². The number of carbonyl (C=O) groups is 3. The van der Waals surface area contributed by atoms with E-state index in [1.165, 1.54) is 19.1 Å². The van der Waals surface area contributed by atoms with Gasteiger partial charge in [-0.15, -0.1) is 0 Å². The first-order valence-electron chi connectivity index (χ1n) is 8.14. The average Bonchev–Trinajstić information content (AvgIpc) is 2.62. The van der Waals surface area contributed by atoms with Crippen LogP contribution in [0.15, 0.2) is 48.5 Å². The van der Waals surface area contributed by atoms with Crippen LogP contribution in [0.25, 0.3) is 0 Å². The number of aryl methyl sites for hydroxylation is 1. The number of Topliss-reactive ketones (excluding diaryl/α,β-unsaturated/α-hetero) is 1. The molecule has 6 heteroatoms. The zero-order valence-electron chi connectivity index (χ0n) is 14.6. The molecular weight excluding hydrogens is 337 g/mol. The molecule has 0 aliphatic carbocycles. The molecular formula is C20H20FNO4. The third kappa shape index (κ3) is 5.51. The molecule has 0 aromatic heterocycles. The van der Waals surface area contributed by atoms with Crippen molar-refractivity contribution in [2.75, 3.05) is 6.61 Å². The van der Waals surface area contributed by atoms with Crippen molar-refractivity contribution in [1.82, 2.24) is 5.32 Å². The normalized spacial score (nSPS) is 11.5. The van der Waals surface area contributed by atoms with Crippen LogP contribution in [-0.4, -0.2) is 30.3 Å². The number of hydrogen-bond acceptors (Lipinski definition) is 4. The van der Waals surface area contributed by atoms with Crippen molar-refractivity contribution in [3.63, 3.8) is 0 Å². The molecule has 26 heavy (non-hydrogen) atoms. The van der Waals surface area contributed by atoms with E-state index < -0.39 is 30.3 Å². The van der Waals surface area contributed by atoms with E-state index in [4.69, 9.17) is 4.74 Å². The second-order valence-electron chi connectivity index (χ2n) is 5.96. The van der Waals surface area contributed by atoms with Crippen molar-refractivity contribution in [2.24, 2.45) is 0 Å². The maximum Gasteiger partial charge on any atom is 0.338 e. The Labute approximate surface area is 151 Å². The van der Waals surface area contributed by atoms with Gasteiger partial charge < -0.3 is 10.1 Å². The van der Waals surface area contributed by atoms with Gasteiger partial charge in [-0.1, -0.05) is 36.4 Å². The molecule has 0 fully saturated rings. The van der Waals surface area contributed by atoms with Gasteiger partial charge in [-0.2, -0.15) is 0 Å². The number of rotatable bonds is 7. The number of amides is 1. The SMILES string of the molecule is CC(=O)[C@H](Cc1ccccc1)NC(=O)COC(=O)c1ccc(C)c(F)c1. The zero-order chi connectivity index (χ0) is 19.1. The third-order valence-electron chi connectivity index (χ3n) is 3.85. The molecule has 0 aliphatic heterocycles. The van der Waals surface area contributed by atoms with Gasteiger partial charge in [0, 0.05) is 0 Å². The van der Waals surface area contributed by atoms with Crippen molar-refractivity contribution >= 4 is 17.7 Å². The van der Waals surface area contributed by atoms with Gasteiger partial charge in [-0.3, -0.25) is 9.59 Å². The average molecular weight is 357 g/mol. The van der Waals surface area contributed by atoms with E-state index in [9.17, 15) is 18.8 Å². The molecule has 0 aliphatic rings. The number of esters is 1. The molecule has 1 N–H and O–H groups in total. The molecule has 136 valence electrons. The summed E-state index contributed by atoms with van der Waals surface area (Å²) in [5, 5.41) is 2.55. The summed E-state index contributed by atoms with van der Waals surface area (Å²) in [5.41, 5.74) is 1.33. The summed E-state index contributed by atoms with van der Waals surface area (Å²) < 4.78 is 18.4. The molecule has 1 atom stereocenters. The lowest BCUT2D eigenvalue weighted by Crippen LogP contribution is -2.43. The predicted octanol–water partition coefficient (Wildman–Crippen LogP) is 2.61. The number of ether oxygens (including phenoxy) is 1. The van der Waals surface area contributed by atoms with Gasteiger partial charge in [0.05, 0.1) is 11.6 Å². The van der Waals surface area contributed by atoms with E-state index in [0.29, 0.717) is 12.0 Å². The van der Waals surface area contributed by atoms with Gasteiger partial charge >= 0.3 is 5.97 Å². The molecule has 2 aromatic carbocycles. The van der Waals surface area contributed by atoms with Gasteiger partial charge in [-0.05, 0) is 43.5 Å². The summed E-state index contributed by atoms with van der Waals surface area (Å²) in [5.74, 6) is -2.12. The minimum atomic E-state index is -0.804. The van der Waals surface area contributed by atoms with Crippen LogP contribution in [0.2, 0.25) is 0 Å². The molecule has 5 nitrogen and oxygen atoms in total. The van der Waals surface area contributed by atoms with Crippen LogP contribution in [0.1, 0.15) is 28.4 Å². The Hall–Kier alpha value is -3.02. The van der Waals surface area contributed by atoms with Crippen LogP contribution in [0.4, 0.5) is 4.39 Å². The summed E-state index contributed by atoms with van der Waals surface area (Å²) in [4.78, 5) is 35.6. The van der Waals surface area contributed by atoms with Crippen LogP contribution in [-0.2, 0) is 20.7 Å². The van der Waals surface area contributed by atoms with Crippen molar-refractivity contribution in [3.8, 4) is 0 Å². The highest BCUT2D eigenvalue weighted by atomic mass is 19.1. The molecule has 0 bridgehead atoms. The highest BCUT2D eigenvalue weighted by Crippen LogP contribution is 2.10. The minimum Gasteiger partial charge on any atom is -0.452 e. The summed E-state index contributed by atoms with van der Waals surface area (Å²) in [7, 11) is 0. The van der Waals surface area contributed by atoms with Crippen molar-refractivity contribution in [3.05, 3.63) is 71.0 Å². The second kappa shape index (κ2) is 8.89. The monoisotopic (exact) mass is 357 g/mol. The van der Waals surface area contributed by atoms with Crippen molar-refractivity contribution in [2.45, 2.75) is 26.3 Å². The van der Waals surface area contributed by atoms with Crippen molar-refractivity contribution in [1.29, 1.82) is 0 Å². The Morgan fingerprint density at radius 2 is 1.81 bits per heavy atom. The zero-order valence-corrected chi connectivity index (χ0v) is 14.6. The van der Waals surface area contributed by atoms with Crippen LogP contribution in [0.3, 0.4) is 0 Å². The standard InChI is InChI=1S/C20H20FNO4/c1-13-8-9-16(11-17(13)21)20(25)26-12-19(24)22-18(14(2)23)10-15-6-4-3-5-7-15/h3-9,11,18H,10,12H2,1-2H3,(H,22,24)/t18-/m0/s1. The van der Waals surface area contributed by atoms with Crippen LogP contribution >= 0.6 is 0 Å². The lowest BCUT2D eigenvalue weighted by atomic mass is 10.0. The fraction of sp³-hybridized carbons (Fsp3) is 0.250. The molecule has 0 radical (unpaired) electrons. The van der Waals surface area contributed by atoms with Gasteiger partial charge in [0.2, 0.25) is 0 Å². The molecule has 2 aromatic rings. The highest BCUT2D eigenvalue weighted by molar-refractivity contribution is 5.92. The van der Waals surface area contributed by atoms with E-state index in [2.05, 4.69) is 5.32 Å². The molecule has 2 rings (SSSR count). The quantitative estimate of drug-likeness (QED) is 0.773. The van der Waals surface area contributed by atoms with Crippen LogP contribution < -0.4 is 5.32 Å². The number of ketones is 1. The first kappa shape index (κ1) is 19.3. The van der Waals surface area contributed by atoms with Gasteiger partial charge in [0.15, 0.2) is 12.4 Å². The Kier molecular flexibility index (Phi) is 6.60. The maximum atomic E-state index is 13.5. The number of benzene rings is 2. The fourth-order valence-electron chi connectivity index (χ4n) is 2.32. The summed E-state index contributed by atoms with van der Waals surface area (Å²) in [6.07, 6.45) is 0.346. The smallest absolute Gasteiger partial charge is 0.338 e. The molecule has 0 unspecified atom stereocenters. The molecule has 0 heterocycles. The van der Waals surface area contributed by atoms with E-state index in [0.717, 1.165) is 11.6 Å². The van der Waals surface area contributed by atoms with E-state index in [-0.39, 0.29) is 11.3 Å². The Balaban J connectivity index is 1.90. The van der Waals surface area contributed by atoms with Crippen LogP contribution in [0, 0.1) is 12.7 Å². The lowest BCUT2D eigenvalue weighted by molar-refractivity contribution is -0.128. The number of carbonyl (C=O) groups excluding carboxylic acids is 3. The summed E-state index contributed by atoms with van der Waals surface area (Å²) in [6.45, 7) is 2.41. The number of halogens is 1. The molecule has 0 spiro atoms. The summed E-state index contributed by atoms with van der Waals surface area (Å²) >= 11 is 0. The topological polar surface area (TPSA) is 72.5 Å². The lowest BCUT2D eigenvalue weighted by Gasteiger charge is -2.16. The molecule has 1 amide bonds. The molecule has 0 saturated heterocycles. The highest BCUT2D eigenvalue weighted by Gasteiger charge is 2.19. The summed E-state index contributed by atoms with van der Waals surface area (Å²) in [6, 6.07) is 12.5. The largest absolute Gasteiger partial charge is 0.452 e. The van der Waals surface area contributed by atoms with E-state index in [1.54, 1.807) is 6.92 Å². The number of nitrogens with one attached hydrogen (secondary N) is 1. The Bertz CT molecular complexity index is 805. The van der Waals surface area contributed by atoms with Gasteiger partial charge in [0.1, 0.15) is 5.82 Å². The van der Waals surface area contributed by atoms with Gasteiger partial charge in [-0.25, -0.2) is 9.18 Å². The fourth-order valence-corrected chi connectivity index (χ4v) is 2.32.